The lowest BCUT2D eigenvalue weighted by atomic mass is 10.2. The van der Waals surface area contributed by atoms with Crippen LogP contribution in [0.2, 0.25) is 5.02 Å². The third-order valence-electron chi connectivity index (χ3n) is 2.19. The first-order valence-electron chi connectivity index (χ1n) is 4.88. The summed E-state index contributed by atoms with van der Waals surface area (Å²) in [5.41, 5.74) is 6.57. The highest BCUT2D eigenvalue weighted by molar-refractivity contribution is 6.30. The van der Waals surface area contributed by atoms with Gasteiger partial charge in [0.05, 0.1) is 7.11 Å². The fourth-order valence-electron chi connectivity index (χ4n) is 1.46. The molecule has 2 N–H and O–H groups in total. The normalized spacial score (nSPS) is 10.7. The molecule has 0 fully saturated rings. The van der Waals surface area contributed by atoms with Crippen LogP contribution in [-0.4, -0.2) is 32.1 Å². The molecule has 0 aliphatic rings. The molecular formula is C11H17ClN2O. The van der Waals surface area contributed by atoms with Crippen LogP contribution in [0.15, 0.2) is 18.2 Å². The minimum Gasteiger partial charge on any atom is -0.496 e. The van der Waals surface area contributed by atoms with Crippen molar-refractivity contribution in [3.05, 3.63) is 28.8 Å². The van der Waals surface area contributed by atoms with Crippen LogP contribution in [0.25, 0.3) is 0 Å². The second kappa shape index (κ2) is 5.95. The SMILES string of the molecule is COc1ccc(Cl)cc1CN(C)CCN. The average Bonchev–Trinajstić information content (AvgIpc) is 2.18. The van der Waals surface area contributed by atoms with Crippen LogP contribution < -0.4 is 10.5 Å². The molecule has 0 heterocycles. The van der Waals surface area contributed by atoms with E-state index in [1.54, 1.807) is 7.11 Å². The molecule has 0 radical (unpaired) electrons. The number of ether oxygens (including phenoxy) is 1. The van der Waals surface area contributed by atoms with Crippen molar-refractivity contribution in [3.8, 4) is 5.75 Å². The molecule has 4 heteroatoms. The first kappa shape index (κ1) is 12.3. The Bertz CT molecular complexity index is 317. The van der Waals surface area contributed by atoms with Gasteiger partial charge in [-0.3, -0.25) is 0 Å². The van der Waals surface area contributed by atoms with Crippen LogP contribution in [0.1, 0.15) is 5.56 Å². The zero-order valence-corrected chi connectivity index (χ0v) is 9.92. The van der Waals surface area contributed by atoms with Crippen molar-refractivity contribution in [1.29, 1.82) is 0 Å². The Labute approximate surface area is 95.8 Å². The average molecular weight is 229 g/mol. The highest BCUT2D eigenvalue weighted by Crippen LogP contribution is 2.23. The molecule has 1 aromatic carbocycles. The lowest BCUT2D eigenvalue weighted by Gasteiger charge is -2.17. The van der Waals surface area contributed by atoms with E-state index in [9.17, 15) is 0 Å². The number of nitrogens with two attached hydrogens (primary N) is 1. The lowest BCUT2D eigenvalue weighted by molar-refractivity contribution is 0.325. The number of halogens is 1. The number of rotatable bonds is 5. The van der Waals surface area contributed by atoms with Gasteiger partial charge in [0.2, 0.25) is 0 Å². The van der Waals surface area contributed by atoms with Gasteiger partial charge in [0.15, 0.2) is 0 Å². The summed E-state index contributed by atoms with van der Waals surface area (Å²) in [4.78, 5) is 2.13. The van der Waals surface area contributed by atoms with Crippen molar-refractivity contribution in [2.75, 3.05) is 27.2 Å². The van der Waals surface area contributed by atoms with Gasteiger partial charge in [0.1, 0.15) is 5.75 Å². The molecule has 1 rings (SSSR count). The molecule has 0 saturated heterocycles. The van der Waals surface area contributed by atoms with Gasteiger partial charge < -0.3 is 15.4 Å². The standard InChI is InChI=1S/C11H17ClN2O/c1-14(6-5-13)8-9-7-10(12)3-4-11(9)15-2/h3-4,7H,5-6,8,13H2,1-2H3. The molecule has 0 unspecified atom stereocenters. The minimum atomic E-state index is 0.652. The Balaban J connectivity index is 2.77. The quantitative estimate of drug-likeness (QED) is 0.835. The Morgan fingerprint density at radius 1 is 1.47 bits per heavy atom. The van der Waals surface area contributed by atoms with E-state index in [4.69, 9.17) is 22.1 Å². The summed E-state index contributed by atoms with van der Waals surface area (Å²) in [5.74, 6) is 0.864. The third-order valence-corrected chi connectivity index (χ3v) is 2.43. The summed E-state index contributed by atoms with van der Waals surface area (Å²) in [6.45, 7) is 2.30. The van der Waals surface area contributed by atoms with Gasteiger partial charge in [-0.05, 0) is 25.2 Å². The largest absolute Gasteiger partial charge is 0.496 e. The predicted molar refractivity (Wildman–Crippen MR) is 63.4 cm³/mol. The topological polar surface area (TPSA) is 38.5 Å². The summed E-state index contributed by atoms with van der Waals surface area (Å²) in [6, 6.07) is 5.63. The molecule has 0 amide bonds. The van der Waals surface area contributed by atoms with Crippen molar-refractivity contribution in [2.24, 2.45) is 5.73 Å². The number of likely N-dealkylation sites (N-methyl/N-ethyl adjacent to an activating group) is 1. The van der Waals surface area contributed by atoms with Crippen LogP contribution in [0, 0.1) is 0 Å². The van der Waals surface area contributed by atoms with Gasteiger partial charge in [-0.25, -0.2) is 0 Å². The van der Waals surface area contributed by atoms with Crippen molar-refractivity contribution < 1.29 is 4.74 Å². The molecule has 15 heavy (non-hydrogen) atoms. The molecule has 0 bridgehead atoms. The van der Waals surface area contributed by atoms with Gasteiger partial charge >= 0.3 is 0 Å². The number of nitrogens with zero attached hydrogens (tertiary/aromatic N) is 1. The summed E-state index contributed by atoms with van der Waals surface area (Å²) >= 11 is 5.94. The maximum Gasteiger partial charge on any atom is 0.123 e. The van der Waals surface area contributed by atoms with Crippen molar-refractivity contribution in [3.63, 3.8) is 0 Å². The van der Waals surface area contributed by atoms with Crippen molar-refractivity contribution in [2.45, 2.75) is 6.54 Å². The van der Waals surface area contributed by atoms with Crippen molar-refractivity contribution in [1.82, 2.24) is 4.90 Å². The van der Waals surface area contributed by atoms with E-state index in [1.165, 1.54) is 0 Å². The molecule has 0 spiro atoms. The van der Waals surface area contributed by atoms with E-state index in [2.05, 4.69) is 4.90 Å². The monoisotopic (exact) mass is 228 g/mol. The molecule has 0 aliphatic carbocycles. The zero-order chi connectivity index (χ0) is 11.3. The molecule has 1 aromatic rings. The van der Waals surface area contributed by atoms with E-state index in [0.29, 0.717) is 6.54 Å². The highest BCUT2D eigenvalue weighted by atomic mass is 35.5. The van der Waals surface area contributed by atoms with Crippen LogP contribution >= 0.6 is 11.6 Å². The number of hydrogen-bond acceptors (Lipinski definition) is 3. The van der Waals surface area contributed by atoms with E-state index in [1.807, 2.05) is 25.2 Å². The van der Waals surface area contributed by atoms with Crippen LogP contribution in [0.4, 0.5) is 0 Å². The zero-order valence-electron chi connectivity index (χ0n) is 9.16. The Hall–Kier alpha value is -0.770. The fourth-order valence-corrected chi connectivity index (χ4v) is 1.66. The molecular weight excluding hydrogens is 212 g/mol. The van der Waals surface area contributed by atoms with Gasteiger partial charge in [-0.2, -0.15) is 0 Å². The summed E-state index contributed by atoms with van der Waals surface area (Å²) in [5, 5.41) is 0.729. The summed E-state index contributed by atoms with van der Waals surface area (Å²) in [6.07, 6.45) is 0. The molecule has 0 saturated carbocycles. The minimum absolute atomic E-state index is 0.652. The van der Waals surface area contributed by atoms with E-state index < -0.39 is 0 Å². The van der Waals surface area contributed by atoms with Crippen LogP contribution in [0.3, 0.4) is 0 Å². The third kappa shape index (κ3) is 3.70. The first-order chi connectivity index (χ1) is 7.17. The van der Waals surface area contributed by atoms with E-state index in [0.717, 1.165) is 29.4 Å². The molecule has 3 nitrogen and oxygen atoms in total. The van der Waals surface area contributed by atoms with Crippen LogP contribution in [0.5, 0.6) is 5.75 Å². The van der Waals surface area contributed by atoms with Gasteiger partial charge in [-0.15, -0.1) is 0 Å². The Morgan fingerprint density at radius 3 is 2.80 bits per heavy atom. The van der Waals surface area contributed by atoms with Crippen molar-refractivity contribution >= 4 is 11.6 Å². The Kier molecular flexibility index (Phi) is 4.88. The smallest absolute Gasteiger partial charge is 0.123 e. The highest BCUT2D eigenvalue weighted by Gasteiger charge is 2.06. The Morgan fingerprint density at radius 2 is 2.20 bits per heavy atom. The fraction of sp³-hybridized carbons (Fsp3) is 0.455. The second-order valence-electron chi connectivity index (χ2n) is 3.48. The second-order valence-corrected chi connectivity index (χ2v) is 3.92. The lowest BCUT2D eigenvalue weighted by Crippen LogP contribution is -2.25. The summed E-state index contributed by atoms with van der Waals surface area (Å²) < 4.78 is 5.26. The van der Waals surface area contributed by atoms with E-state index >= 15 is 0 Å². The maximum absolute atomic E-state index is 5.94. The number of methoxy groups -OCH3 is 1. The van der Waals surface area contributed by atoms with Gasteiger partial charge in [-0.1, -0.05) is 11.6 Å². The number of hydrogen-bond donors (Lipinski definition) is 1. The van der Waals surface area contributed by atoms with Crippen LogP contribution in [-0.2, 0) is 6.54 Å². The predicted octanol–water partition coefficient (Wildman–Crippen LogP) is 1.74. The van der Waals surface area contributed by atoms with Gasteiger partial charge in [0.25, 0.3) is 0 Å². The van der Waals surface area contributed by atoms with E-state index in [-0.39, 0.29) is 0 Å². The maximum atomic E-state index is 5.94. The van der Waals surface area contributed by atoms with Gasteiger partial charge in [0, 0.05) is 30.2 Å². The first-order valence-corrected chi connectivity index (χ1v) is 5.26. The molecule has 0 aromatic heterocycles. The molecule has 84 valence electrons. The number of benzene rings is 1. The molecule has 0 atom stereocenters. The molecule has 0 aliphatic heterocycles. The summed E-state index contributed by atoms with van der Waals surface area (Å²) in [7, 11) is 3.68.